The van der Waals surface area contributed by atoms with Crippen molar-refractivity contribution in [1.82, 2.24) is 4.90 Å². The highest BCUT2D eigenvalue weighted by Crippen LogP contribution is 2.28. The second-order valence-corrected chi connectivity index (χ2v) is 4.80. The monoisotopic (exact) mass is 235 g/mol. The van der Waals surface area contributed by atoms with Crippen LogP contribution in [-0.4, -0.2) is 18.0 Å². The van der Waals surface area contributed by atoms with E-state index in [1.807, 2.05) is 0 Å². The molecule has 2 aliphatic rings. The highest BCUT2D eigenvalue weighted by Gasteiger charge is 2.21. The summed E-state index contributed by atoms with van der Waals surface area (Å²) in [5.74, 6) is -0.874. The van der Waals surface area contributed by atoms with Gasteiger partial charge in [0.1, 0.15) is 11.6 Å². The quantitative estimate of drug-likeness (QED) is 0.723. The molecule has 17 heavy (non-hydrogen) atoms. The molecule has 1 fully saturated rings. The molecule has 1 aliphatic carbocycles. The Morgan fingerprint density at radius 1 is 1.06 bits per heavy atom. The number of benzene rings is 1. The molecule has 1 saturated heterocycles. The van der Waals surface area contributed by atoms with Crippen LogP contribution in [0.25, 0.3) is 0 Å². The van der Waals surface area contributed by atoms with Crippen LogP contribution in [0.3, 0.4) is 0 Å². The van der Waals surface area contributed by atoms with Gasteiger partial charge >= 0.3 is 0 Å². The van der Waals surface area contributed by atoms with E-state index in [-0.39, 0.29) is 0 Å². The van der Waals surface area contributed by atoms with Gasteiger partial charge in [0.25, 0.3) is 0 Å². The van der Waals surface area contributed by atoms with Gasteiger partial charge in [0.2, 0.25) is 0 Å². The summed E-state index contributed by atoms with van der Waals surface area (Å²) >= 11 is 0. The fourth-order valence-electron chi connectivity index (χ4n) is 2.78. The van der Waals surface area contributed by atoms with Gasteiger partial charge in [0.05, 0.1) is 0 Å². The summed E-state index contributed by atoms with van der Waals surface area (Å²) in [6.07, 6.45) is 5.80. The Morgan fingerprint density at radius 2 is 1.82 bits per heavy atom. The van der Waals surface area contributed by atoms with Crippen molar-refractivity contribution in [3.05, 3.63) is 46.7 Å². The fourth-order valence-corrected chi connectivity index (χ4v) is 2.78. The average Bonchev–Trinajstić information content (AvgIpc) is 2.81. The van der Waals surface area contributed by atoms with E-state index in [1.54, 1.807) is 0 Å². The Balaban J connectivity index is 1.89. The molecule has 1 aromatic rings. The highest BCUT2D eigenvalue weighted by molar-refractivity contribution is 5.38. The van der Waals surface area contributed by atoms with Crippen molar-refractivity contribution < 1.29 is 8.78 Å². The molecule has 0 atom stereocenters. The standard InChI is InChI=1S/C14H15F2N/c15-11-7-10-8-12(17-5-1-2-6-17)3-4-13(10)14(16)9-11/h3,7,9H,1-2,4-6,8H2. The second kappa shape index (κ2) is 4.13. The maximum atomic E-state index is 13.6. The van der Waals surface area contributed by atoms with Crippen LogP contribution in [0, 0.1) is 11.6 Å². The van der Waals surface area contributed by atoms with Crippen molar-refractivity contribution in [1.29, 1.82) is 0 Å². The predicted molar refractivity (Wildman–Crippen MR) is 62.7 cm³/mol. The van der Waals surface area contributed by atoms with Crippen LogP contribution in [0.15, 0.2) is 23.9 Å². The van der Waals surface area contributed by atoms with Gasteiger partial charge in [-0.05, 0) is 36.5 Å². The summed E-state index contributed by atoms with van der Waals surface area (Å²) in [5.41, 5.74) is 2.71. The molecule has 0 unspecified atom stereocenters. The average molecular weight is 235 g/mol. The van der Waals surface area contributed by atoms with Crippen molar-refractivity contribution in [2.75, 3.05) is 13.1 Å². The Kier molecular flexibility index (Phi) is 2.61. The highest BCUT2D eigenvalue weighted by atomic mass is 19.1. The molecule has 90 valence electrons. The zero-order chi connectivity index (χ0) is 11.8. The number of hydrogen-bond donors (Lipinski definition) is 0. The molecule has 3 heteroatoms. The molecular formula is C14H15F2N. The number of nitrogens with zero attached hydrogens (tertiary/aromatic N) is 1. The first kappa shape index (κ1) is 10.8. The van der Waals surface area contributed by atoms with Crippen LogP contribution >= 0.6 is 0 Å². The third-order valence-electron chi connectivity index (χ3n) is 3.68. The number of halogens is 2. The summed E-state index contributed by atoms with van der Waals surface area (Å²) < 4.78 is 26.7. The molecular weight excluding hydrogens is 220 g/mol. The van der Waals surface area contributed by atoms with Crippen LogP contribution in [0.2, 0.25) is 0 Å². The minimum Gasteiger partial charge on any atom is -0.375 e. The van der Waals surface area contributed by atoms with Crippen molar-refractivity contribution in [2.24, 2.45) is 0 Å². The molecule has 1 aromatic carbocycles. The van der Waals surface area contributed by atoms with Gasteiger partial charge in [-0.2, -0.15) is 0 Å². The van der Waals surface area contributed by atoms with Crippen LogP contribution in [0.5, 0.6) is 0 Å². The van der Waals surface area contributed by atoms with Gasteiger partial charge in [0.15, 0.2) is 0 Å². The molecule has 0 N–H and O–H groups in total. The van der Waals surface area contributed by atoms with Crippen molar-refractivity contribution in [3.63, 3.8) is 0 Å². The lowest BCUT2D eigenvalue weighted by molar-refractivity contribution is 0.410. The lowest BCUT2D eigenvalue weighted by Gasteiger charge is -2.26. The fraction of sp³-hybridized carbons (Fsp3) is 0.429. The zero-order valence-corrected chi connectivity index (χ0v) is 9.68. The van der Waals surface area contributed by atoms with E-state index in [0.717, 1.165) is 24.7 Å². The first-order chi connectivity index (χ1) is 8.24. The first-order valence-electron chi connectivity index (χ1n) is 6.15. The van der Waals surface area contributed by atoms with E-state index in [4.69, 9.17) is 0 Å². The molecule has 1 heterocycles. The normalized spacial score (nSPS) is 19.2. The predicted octanol–water partition coefficient (Wildman–Crippen LogP) is 3.04. The van der Waals surface area contributed by atoms with Gasteiger partial charge in [-0.25, -0.2) is 8.78 Å². The van der Waals surface area contributed by atoms with Gasteiger partial charge in [-0.3, -0.25) is 0 Å². The summed E-state index contributed by atoms with van der Waals surface area (Å²) in [7, 11) is 0. The minimum absolute atomic E-state index is 0.406. The van der Waals surface area contributed by atoms with Gasteiger partial charge in [-0.1, -0.05) is 6.08 Å². The Bertz CT molecular complexity index is 473. The molecule has 0 radical (unpaired) electrons. The van der Waals surface area contributed by atoms with Crippen LogP contribution in [-0.2, 0) is 12.8 Å². The number of hydrogen-bond acceptors (Lipinski definition) is 1. The van der Waals surface area contributed by atoms with E-state index in [1.165, 1.54) is 24.6 Å². The molecule has 0 saturated carbocycles. The number of fused-ring (bicyclic) bond motifs is 1. The molecule has 0 amide bonds. The largest absolute Gasteiger partial charge is 0.375 e. The molecule has 1 aliphatic heterocycles. The number of likely N-dealkylation sites (tertiary alicyclic amines) is 1. The summed E-state index contributed by atoms with van der Waals surface area (Å²) in [6, 6.07) is 2.45. The van der Waals surface area contributed by atoms with E-state index < -0.39 is 11.6 Å². The smallest absolute Gasteiger partial charge is 0.129 e. The van der Waals surface area contributed by atoms with Crippen LogP contribution in [0.4, 0.5) is 8.78 Å². The third kappa shape index (κ3) is 1.94. The number of allylic oxidation sites excluding steroid dienone is 2. The topological polar surface area (TPSA) is 3.24 Å². The Hall–Kier alpha value is -1.38. The summed E-state index contributed by atoms with van der Waals surface area (Å²) in [4.78, 5) is 2.34. The Labute approximate surface area is 99.7 Å². The summed E-state index contributed by atoms with van der Waals surface area (Å²) in [6.45, 7) is 2.16. The lowest BCUT2D eigenvalue weighted by Crippen LogP contribution is -2.23. The van der Waals surface area contributed by atoms with Gasteiger partial charge in [-0.15, -0.1) is 0 Å². The first-order valence-corrected chi connectivity index (χ1v) is 6.15. The van der Waals surface area contributed by atoms with E-state index in [2.05, 4.69) is 11.0 Å². The van der Waals surface area contributed by atoms with Crippen molar-refractivity contribution in [3.8, 4) is 0 Å². The number of rotatable bonds is 1. The second-order valence-electron chi connectivity index (χ2n) is 4.80. The summed E-state index contributed by atoms with van der Waals surface area (Å²) in [5, 5.41) is 0. The molecule has 0 aromatic heterocycles. The maximum absolute atomic E-state index is 13.6. The van der Waals surface area contributed by atoms with Crippen LogP contribution < -0.4 is 0 Å². The van der Waals surface area contributed by atoms with E-state index in [0.29, 0.717) is 18.4 Å². The van der Waals surface area contributed by atoms with Crippen molar-refractivity contribution in [2.45, 2.75) is 25.7 Å². The lowest BCUT2D eigenvalue weighted by atomic mass is 9.93. The maximum Gasteiger partial charge on any atom is 0.129 e. The van der Waals surface area contributed by atoms with Crippen LogP contribution in [0.1, 0.15) is 24.0 Å². The molecule has 1 nitrogen and oxygen atoms in total. The van der Waals surface area contributed by atoms with E-state index in [9.17, 15) is 8.78 Å². The van der Waals surface area contributed by atoms with Crippen molar-refractivity contribution >= 4 is 0 Å². The molecule has 0 bridgehead atoms. The zero-order valence-electron chi connectivity index (χ0n) is 9.68. The van der Waals surface area contributed by atoms with Gasteiger partial charge in [0, 0.05) is 31.3 Å². The molecule has 0 spiro atoms. The Morgan fingerprint density at radius 3 is 2.59 bits per heavy atom. The van der Waals surface area contributed by atoms with E-state index >= 15 is 0 Å². The minimum atomic E-state index is -0.469. The van der Waals surface area contributed by atoms with Gasteiger partial charge < -0.3 is 4.90 Å². The molecule has 3 rings (SSSR count). The SMILES string of the molecule is Fc1cc(F)c2c(c1)CC(N1CCCC1)=CC2. The third-order valence-corrected chi connectivity index (χ3v) is 3.68.